The maximum atomic E-state index is 6.50. The molecular weight excluding hydrogens is 230 g/mol. The molecule has 1 aromatic heterocycles. The summed E-state index contributed by atoms with van der Waals surface area (Å²) in [6.45, 7) is 0. The van der Waals surface area contributed by atoms with Crippen molar-refractivity contribution >= 4 is 22.5 Å². The van der Waals surface area contributed by atoms with Crippen molar-refractivity contribution in [2.75, 3.05) is 0 Å². The second kappa shape index (κ2) is 4.66. The molecule has 0 amide bonds. The van der Waals surface area contributed by atoms with Gasteiger partial charge in [-0.1, -0.05) is 31.0 Å². The van der Waals surface area contributed by atoms with Crippen molar-refractivity contribution in [1.82, 2.24) is 4.98 Å². The lowest BCUT2D eigenvalue weighted by Crippen LogP contribution is -2.17. The van der Waals surface area contributed by atoms with Crippen LogP contribution in [-0.4, -0.2) is 10.4 Å². The Kier molecular flexibility index (Phi) is 3.02. The molecule has 17 heavy (non-hydrogen) atoms. The average Bonchev–Trinajstić information content (AvgIpc) is 2.39. The third-order valence-electron chi connectivity index (χ3n) is 3.76. The molecule has 0 radical (unpaired) electrons. The summed E-state index contributed by atoms with van der Waals surface area (Å²) in [7, 11) is 0. The number of pyridine rings is 1. The van der Waals surface area contributed by atoms with Crippen LogP contribution in [0.5, 0.6) is 0 Å². The molecular formula is C15H16ClN. The molecule has 2 unspecified atom stereocenters. The third-order valence-corrected chi connectivity index (χ3v) is 4.28. The third kappa shape index (κ3) is 2.04. The van der Waals surface area contributed by atoms with Crippen molar-refractivity contribution < 1.29 is 0 Å². The smallest absolute Gasteiger partial charge is 0.0704 e. The summed E-state index contributed by atoms with van der Waals surface area (Å²) in [6, 6.07) is 10.6. The molecule has 2 heteroatoms. The highest BCUT2D eigenvalue weighted by Gasteiger charge is 2.25. The normalized spacial score (nSPS) is 25.0. The molecule has 1 fully saturated rings. The van der Waals surface area contributed by atoms with Crippen LogP contribution in [0.15, 0.2) is 36.5 Å². The maximum Gasteiger partial charge on any atom is 0.0704 e. The highest BCUT2D eigenvalue weighted by atomic mass is 35.5. The minimum atomic E-state index is 0.287. The Balaban J connectivity index is 2.10. The van der Waals surface area contributed by atoms with Gasteiger partial charge in [0.25, 0.3) is 0 Å². The van der Waals surface area contributed by atoms with Crippen LogP contribution in [-0.2, 0) is 0 Å². The van der Waals surface area contributed by atoms with E-state index in [0.717, 1.165) is 11.9 Å². The first-order chi connectivity index (χ1) is 8.36. The van der Waals surface area contributed by atoms with Crippen molar-refractivity contribution in [1.29, 1.82) is 0 Å². The summed E-state index contributed by atoms with van der Waals surface area (Å²) in [6.07, 6.45) is 6.77. The van der Waals surface area contributed by atoms with Crippen molar-refractivity contribution in [3.05, 3.63) is 42.1 Å². The van der Waals surface area contributed by atoms with E-state index in [1.165, 1.54) is 30.2 Å². The largest absolute Gasteiger partial charge is 0.256 e. The first-order valence-electron chi connectivity index (χ1n) is 6.34. The topological polar surface area (TPSA) is 12.9 Å². The Labute approximate surface area is 107 Å². The highest BCUT2D eigenvalue weighted by molar-refractivity contribution is 6.21. The number of hydrogen-bond acceptors (Lipinski definition) is 1. The fourth-order valence-electron chi connectivity index (χ4n) is 2.89. The van der Waals surface area contributed by atoms with E-state index < -0.39 is 0 Å². The minimum Gasteiger partial charge on any atom is -0.256 e. The lowest BCUT2D eigenvalue weighted by molar-refractivity contribution is 0.452. The number of hydrogen-bond donors (Lipinski definition) is 0. The van der Waals surface area contributed by atoms with Gasteiger partial charge in [0.1, 0.15) is 0 Å². The molecule has 2 atom stereocenters. The van der Waals surface area contributed by atoms with E-state index >= 15 is 0 Å². The van der Waals surface area contributed by atoms with Crippen molar-refractivity contribution in [3.63, 3.8) is 0 Å². The second-order valence-electron chi connectivity index (χ2n) is 4.82. The van der Waals surface area contributed by atoms with Gasteiger partial charge in [-0.05, 0) is 30.5 Å². The average molecular weight is 246 g/mol. The van der Waals surface area contributed by atoms with Crippen molar-refractivity contribution in [3.8, 4) is 0 Å². The van der Waals surface area contributed by atoms with Crippen LogP contribution < -0.4 is 0 Å². The van der Waals surface area contributed by atoms with Crippen LogP contribution in [0.3, 0.4) is 0 Å². The lowest BCUT2D eigenvalue weighted by atomic mass is 9.82. The Morgan fingerprint density at radius 1 is 1.06 bits per heavy atom. The molecule has 3 rings (SSSR count). The van der Waals surface area contributed by atoms with Crippen LogP contribution in [0, 0.1) is 0 Å². The van der Waals surface area contributed by atoms with Crippen molar-refractivity contribution in [2.45, 2.75) is 37.0 Å². The summed E-state index contributed by atoms with van der Waals surface area (Å²) in [5, 5.41) is 1.56. The van der Waals surface area contributed by atoms with Crippen LogP contribution in [0.1, 0.15) is 37.2 Å². The SMILES string of the molecule is ClC1CCCCC1c1cccc2ncccc12. The molecule has 0 saturated heterocycles. The Hall–Kier alpha value is -1.08. The Morgan fingerprint density at radius 3 is 2.82 bits per heavy atom. The van der Waals surface area contributed by atoms with Gasteiger partial charge in [-0.3, -0.25) is 4.98 Å². The summed E-state index contributed by atoms with van der Waals surface area (Å²) in [5.74, 6) is 0.498. The van der Waals surface area contributed by atoms with Gasteiger partial charge in [0, 0.05) is 22.9 Å². The van der Waals surface area contributed by atoms with E-state index in [1.54, 1.807) is 0 Å². The summed E-state index contributed by atoms with van der Waals surface area (Å²) in [5.41, 5.74) is 2.47. The van der Waals surface area contributed by atoms with E-state index in [9.17, 15) is 0 Å². The maximum absolute atomic E-state index is 6.50. The summed E-state index contributed by atoms with van der Waals surface area (Å²) in [4.78, 5) is 4.42. The predicted molar refractivity (Wildman–Crippen MR) is 72.6 cm³/mol. The summed E-state index contributed by atoms with van der Waals surface area (Å²) < 4.78 is 0. The molecule has 88 valence electrons. The molecule has 1 aliphatic rings. The van der Waals surface area contributed by atoms with E-state index in [4.69, 9.17) is 11.6 Å². The van der Waals surface area contributed by atoms with Crippen molar-refractivity contribution in [2.24, 2.45) is 0 Å². The number of nitrogens with zero attached hydrogens (tertiary/aromatic N) is 1. The van der Waals surface area contributed by atoms with Crippen LogP contribution in [0.2, 0.25) is 0 Å². The van der Waals surface area contributed by atoms with Crippen LogP contribution in [0.25, 0.3) is 10.9 Å². The van der Waals surface area contributed by atoms with Gasteiger partial charge < -0.3 is 0 Å². The van der Waals surface area contributed by atoms with Gasteiger partial charge in [-0.15, -0.1) is 11.6 Å². The molecule has 1 aliphatic carbocycles. The van der Waals surface area contributed by atoms with E-state index in [1.807, 2.05) is 12.3 Å². The molecule has 0 N–H and O–H groups in total. The number of halogens is 1. The number of rotatable bonds is 1. The van der Waals surface area contributed by atoms with Gasteiger partial charge >= 0.3 is 0 Å². The highest BCUT2D eigenvalue weighted by Crippen LogP contribution is 2.38. The molecule has 0 aliphatic heterocycles. The van der Waals surface area contributed by atoms with Gasteiger partial charge in [0.05, 0.1) is 5.52 Å². The van der Waals surface area contributed by atoms with Crippen LogP contribution in [0.4, 0.5) is 0 Å². The van der Waals surface area contributed by atoms with E-state index in [-0.39, 0.29) is 5.38 Å². The quantitative estimate of drug-likeness (QED) is 0.674. The Morgan fingerprint density at radius 2 is 1.94 bits per heavy atom. The lowest BCUT2D eigenvalue weighted by Gasteiger charge is -2.28. The molecule has 1 aromatic carbocycles. The molecule has 1 nitrogen and oxygen atoms in total. The predicted octanol–water partition coefficient (Wildman–Crippen LogP) is 4.50. The summed E-state index contributed by atoms with van der Waals surface area (Å²) >= 11 is 6.50. The first-order valence-corrected chi connectivity index (χ1v) is 6.77. The number of fused-ring (bicyclic) bond motifs is 1. The second-order valence-corrected chi connectivity index (χ2v) is 5.38. The standard InChI is InChI=1S/C15H16ClN/c16-14-8-2-1-5-12(14)11-6-3-9-15-13(11)7-4-10-17-15/h3-4,6-7,9-10,12,14H,1-2,5,8H2. The number of aromatic nitrogens is 1. The fourth-order valence-corrected chi connectivity index (χ4v) is 3.30. The van der Waals surface area contributed by atoms with Gasteiger partial charge in [0.15, 0.2) is 0 Å². The zero-order valence-electron chi connectivity index (χ0n) is 9.77. The monoisotopic (exact) mass is 245 g/mol. The van der Waals surface area contributed by atoms with E-state index in [0.29, 0.717) is 5.92 Å². The number of alkyl halides is 1. The minimum absolute atomic E-state index is 0.287. The molecule has 1 saturated carbocycles. The number of benzene rings is 1. The van der Waals surface area contributed by atoms with Gasteiger partial charge in [-0.2, -0.15) is 0 Å². The Bertz CT molecular complexity index is 518. The zero-order chi connectivity index (χ0) is 11.7. The van der Waals surface area contributed by atoms with Crippen LogP contribution >= 0.6 is 11.6 Å². The van der Waals surface area contributed by atoms with Gasteiger partial charge in [0.2, 0.25) is 0 Å². The van der Waals surface area contributed by atoms with E-state index in [2.05, 4.69) is 29.2 Å². The first kappa shape index (κ1) is 11.0. The molecule has 0 bridgehead atoms. The fraction of sp³-hybridized carbons (Fsp3) is 0.400. The molecule has 2 aromatic rings. The molecule has 1 heterocycles. The zero-order valence-corrected chi connectivity index (χ0v) is 10.5. The molecule has 0 spiro atoms. The van der Waals surface area contributed by atoms with Gasteiger partial charge in [-0.25, -0.2) is 0 Å².